The van der Waals surface area contributed by atoms with Gasteiger partial charge in [0.2, 0.25) is 0 Å². The first kappa shape index (κ1) is 62.9. The number of benzene rings is 5. The van der Waals surface area contributed by atoms with Gasteiger partial charge in [-0.1, -0.05) is 153 Å². The summed E-state index contributed by atoms with van der Waals surface area (Å²) < 4.78 is 27.2. The van der Waals surface area contributed by atoms with Gasteiger partial charge in [-0.25, -0.2) is 4.39 Å². The molecule has 0 bridgehead atoms. The molecule has 0 aromatic heterocycles. The fraction of sp³-hybridized carbons (Fsp3) is 0.537. The van der Waals surface area contributed by atoms with Gasteiger partial charge in [0.15, 0.2) is 0 Å². The zero-order valence-electron chi connectivity index (χ0n) is 49.3. The summed E-state index contributed by atoms with van der Waals surface area (Å²) >= 11 is 0. The third-order valence-electron chi connectivity index (χ3n) is 18.4. The van der Waals surface area contributed by atoms with Gasteiger partial charge in [0.1, 0.15) is 5.82 Å². The van der Waals surface area contributed by atoms with Gasteiger partial charge in [0.05, 0.1) is 22.4 Å². The number of hydrogen-bond donors (Lipinski definition) is 2. The molecule has 8 heteroatoms. The van der Waals surface area contributed by atoms with Crippen LogP contribution in [0.25, 0.3) is 11.1 Å². The first-order valence-electron chi connectivity index (χ1n) is 28.4. The second-order valence-electron chi connectivity index (χ2n) is 22.7. The minimum atomic E-state index is -0.569. The molecule has 0 radical (unpaired) electrons. The number of aliphatic hydroxyl groups is 2. The van der Waals surface area contributed by atoms with Crippen molar-refractivity contribution in [1.29, 1.82) is 0 Å². The van der Waals surface area contributed by atoms with Crippen molar-refractivity contribution in [3.05, 3.63) is 158 Å². The second-order valence-corrected chi connectivity index (χ2v) is 22.7. The highest BCUT2D eigenvalue weighted by molar-refractivity contribution is 6.62. The average Bonchev–Trinajstić information content (AvgIpc) is 3.61. The zero-order chi connectivity index (χ0) is 56.2. The maximum atomic E-state index is 14.5. The van der Waals surface area contributed by atoms with Crippen LogP contribution in [-0.4, -0.2) is 45.9 Å². The molecule has 408 valence electrons. The summed E-state index contributed by atoms with van der Waals surface area (Å²) in [5.41, 5.74) is 15.0. The molecule has 6 rings (SSSR count). The number of carbonyl (C=O) groups excluding carboxylic acids is 2. The van der Waals surface area contributed by atoms with Crippen molar-refractivity contribution >= 4 is 18.7 Å². The fourth-order valence-corrected chi connectivity index (χ4v) is 11.5. The molecular weight excluding hydrogens is 931 g/mol. The molecule has 1 aliphatic heterocycles. The van der Waals surface area contributed by atoms with E-state index in [-0.39, 0.29) is 41.1 Å². The van der Waals surface area contributed by atoms with E-state index in [1.54, 1.807) is 6.07 Å². The van der Waals surface area contributed by atoms with E-state index >= 15 is 0 Å². The molecule has 0 atom stereocenters. The summed E-state index contributed by atoms with van der Waals surface area (Å²) in [4.78, 5) is 16.2. The van der Waals surface area contributed by atoms with E-state index in [0.29, 0.717) is 6.42 Å². The summed E-state index contributed by atoms with van der Waals surface area (Å²) in [5.74, 6) is -0.123. The van der Waals surface area contributed by atoms with E-state index in [2.05, 4.69) is 184 Å². The fourth-order valence-electron chi connectivity index (χ4n) is 11.5. The second kappa shape index (κ2) is 26.6. The molecule has 5 aromatic carbocycles. The summed E-state index contributed by atoms with van der Waals surface area (Å²) in [7, 11) is -0.340. The molecule has 1 saturated heterocycles. The highest BCUT2D eigenvalue weighted by atomic mass is 19.1. The average molecular weight is 1030 g/mol. The Morgan fingerprint density at radius 1 is 0.493 bits per heavy atom. The Balaban J connectivity index is 0.000000308. The van der Waals surface area contributed by atoms with Crippen LogP contribution >= 0.6 is 0 Å². The number of hydrogen-bond acceptors (Lipinski definition) is 6. The van der Waals surface area contributed by atoms with Gasteiger partial charge in [0, 0.05) is 10.8 Å². The van der Waals surface area contributed by atoms with Crippen LogP contribution in [0, 0.1) is 33.5 Å². The molecule has 0 amide bonds. The molecule has 75 heavy (non-hydrogen) atoms. The number of rotatable bonds is 21. The van der Waals surface area contributed by atoms with Crippen molar-refractivity contribution in [2.24, 2.45) is 0 Å². The van der Waals surface area contributed by atoms with E-state index < -0.39 is 11.2 Å². The lowest BCUT2D eigenvalue weighted by atomic mass is 9.67. The lowest BCUT2D eigenvalue weighted by molar-refractivity contribution is -0.191. The molecule has 0 spiro atoms. The molecule has 1 aliphatic rings. The maximum absolute atomic E-state index is 14.5. The van der Waals surface area contributed by atoms with Crippen LogP contribution < -0.4 is 5.46 Å². The molecule has 0 aliphatic carbocycles. The molecule has 6 nitrogen and oxygen atoms in total. The van der Waals surface area contributed by atoms with Crippen molar-refractivity contribution < 1.29 is 33.5 Å². The Labute approximate surface area is 453 Å². The smallest absolute Gasteiger partial charge is 0.399 e. The Bertz CT molecular complexity index is 2660. The Kier molecular flexibility index (Phi) is 22.3. The van der Waals surface area contributed by atoms with Gasteiger partial charge in [-0.2, -0.15) is 9.59 Å². The van der Waals surface area contributed by atoms with Gasteiger partial charge in [-0.15, -0.1) is 0 Å². The van der Waals surface area contributed by atoms with Gasteiger partial charge in [-0.3, -0.25) is 0 Å². The van der Waals surface area contributed by atoms with Crippen LogP contribution in [0.4, 0.5) is 4.39 Å². The predicted octanol–water partition coefficient (Wildman–Crippen LogP) is 15.9. The van der Waals surface area contributed by atoms with Gasteiger partial charge in [-0.05, 0) is 217 Å². The van der Waals surface area contributed by atoms with E-state index in [0.717, 1.165) is 99.2 Å². The van der Waals surface area contributed by atoms with Crippen molar-refractivity contribution in [2.45, 2.75) is 234 Å². The summed E-state index contributed by atoms with van der Waals surface area (Å²) in [6.45, 7) is 36.6. The van der Waals surface area contributed by atoms with Gasteiger partial charge in [0.25, 0.3) is 0 Å². The van der Waals surface area contributed by atoms with Crippen LogP contribution in [0.2, 0.25) is 0 Å². The lowest BCUT2D eigenvalue weighted by Crippen LogP contribution is -2.41. The lowest BCUT2D eigenvalue weighted by Gasteiger charge is -2.34. The first-order valence-corrected chi connectivity index (χ1v) is 28.4. The van der Waals surface area contributed by atoms with Crippen LogP contribution in [-0.2, 0) is 49.0 Å². The van der Waals surface area contributed by atoms with Gasteiger partial charge < -0.3 is 19.5 Å². The quantitative estimate of drug-likeness (QED) is 0.0712. The first-order chi connectivity index (χ1) is 35.4. The molecule has 1 fully saturated rings. The van der Waals surface area contributed by atoms with Crippen LogP contribution in [0.15, 0.2) is 91.0 Å². The van der Waals surface area contributed by atoms with Crippen LogP contribution in [0.3, 0.4) is 0 Å². The van der Waals surface area contributed by atoms with E-state index in [1.807, 2.05) is 19.1 Å². The summed E-state index contributed by atoms with van der Waals surface area (Å²) in [6.07, 6.45) is 11.6. The van der Waals surface area contributed by atoms with Crippen molar-refractivity contribution in [1.82, 2.24) is 0 Å². The van der Waals surface area contributed by atoms with E-state index in [9.17, 15) is 14.6 Å². The number of aryl methyl sites for hydroxylation is 7. The Morgan fingerprint density at radius 3 is 1.19 bits per heavy atom. The summed E-state index contributed by atoms with van der Waals surface area (Å²) in [6, 6.07) is 33.1. The Hall–Kier alpha value is -4.69. The van der Waals surface area contributed by atoms with Crippen molar-refractivity contribution in [3.63, 3.8) is 0 Å². The van der Waals surface area contributed by atoms with Crippen LogP contribution in [0.1, 0.15) is 215 Å². The van der Waals surface area contributed by atoms with Crippen molar-refractivity contribution in [3.8, 4) is 11.1 Å². The molecular formula is C67H94BFO6. The third kappa shape index (κ3) is 14.1. The zero-order valence-corrected chi connectivity index (χ0v) is 49.3. The minimum absolute atomic E-state index is 0.0455. The van der Waals surface area contributed by atoms with Crippen LogP contribution in [0.5, 0.6) is 0 Å². The van der Waals surface area contributed by atoms with E-state index in [4.69, 9.17) is 18.9 Å². The predicted molar refractivity (Wildman–Crippen MR) is 311 cm³/mol. The SMILES string of the molecule is CCC(O)(CC)CCc1ccc(C(CC)(CC)c2ccc(B3OC(C)(C)C(C)(C)O3)c(C)c2)cc1C.CCc1ccc(-c2ccc(C(CC)(CC)c3ccc(CCC(O)(CC)CC)c(C)c3)cc2C)cc1F.O=C=O. The molecule has 0 unspecified atom stereocenters. The van der Waals surface area contributed by atoms with E-state index in [1.165, 1.54) is 55.6 Å². The maximum Gasteiger partial charge on any atom is 0.495 e. The third-order valence-corrected chi connectivity index (χ3v) is 18.4. The normalized spacial score (nSPS) is 14.4. The molecule has 0 saturated carbocycles. The van der Waals surface area contributed by atoms with Crippen molar-refractivity contribution in [2.75, 3.05) is 0 Å². The molecule has 5 aromatic rings. The molecule has 2 N–H and O–H groups in total. The standard InChI is InChI=1S/C34H45FO.C32H49BO3.CO2/c1-8-26-13-14-28(23-32(26)35)31-18-17-30(22-25(31)7)34(11-4,12-5)29-16-15-27(24(6)21-29)19-20-33(36,9-2)10-3;1-11-31(34,12-2)20-19-25-15-16-26(21-23(25)5)32(13-3,14-4)27-17-18-28(24(6)22-27)33-35-29(7,8)30(9,10)36-33;2-1-3/h13-18,21-23,36H,8-12,19-20H2,1-7H3;15-18,21-22,34H,11-14,19-20H2,1-10H3;. The topological polar surface area (TPSA) is 93.1 Å². The number of halogens is 1. The monoisotopic (exact) mass is 1020 g/mol. The molecule has 1 heterocycles. The van der Waals surface area contributed by atoms with Gasteiger partial charge >= 0.3 is 13.3 Å². The minimum Gasteiger partial charge on any atom is -0.399 e. The highest BCUT2D eigenvalue weighted by Crippen LogP contribution is 2.43. The summed E-state index contributed by atoms with van der Waals surface area (Å²) in [5, 5.41) is 21.5. The largest absolute Gasteiger partial charge is 0.495 e. The Morgan fingerprint density at radius 2 is 0.853 bits per heavy atom. The highest BCUT2D eigenvalue weighted by Gasteiger charge is 2.52.